The van der Waals surface area contributed by atoms with Crippen molar-refractivity contribution in [1.82, 2.24) is 15.1 Å². The third kappa shape index (κ3) is 1.93. The standard InChI is InChI=1S/C14H16ClN3/c1-2-13-12-9-16-7-6-14(12)18(17-13)11-5-3-4-10(15)8-11/h3-5,8,16H,2,6-7,9H2,1H3. The zero-order valence-corrected chi connectivity index (χ0v) is 11.2. The number of fused-ring (bicyclic) bond motifs is 1. The Morgan fingerprint density at radius 2 is 2.33 bits per heavy atom. The second-order valence-electron chi connectivity index (χ2n) is 4.54. The number of nitrogens with one attached hydrogen (secondary N) is 1. The first kappa shape index (κ1) is 11.8. The lowest BCUT2D eigenvalue weighted by Crippen LogP contribution is -2.24. The van der Waals surface area contributed by atoms with Crippen LogP contribution in [-0.4, -0.2) is 16.3 Å². The molecule has 0 aliphatic carbocycles. The van der Waals surface area contributed by atoms with Crippen molar-refractivity contribution >= 4 is 11.6 Å². The highest BCUT2D eigenvalue weighted by atomic mass is 35.5. The Morgan fingerprint density at radius 1 is 1.44 bits per heavy atom. The third-order valence-electron chi connectivity index (χ3n) is 3.40. The van der Waals surface area contributed by atoms with Gasteiger partial charge in [-0.1, -0.05) is 24.6 Å². The van der Waals surface area contributed by atoms with E-state index in [-0.39, 0.29) is 0 Å². The summed E-state index contributed by atoms with van der Waals surface area (Å²) in [6.45, 7) is 4.10. The zero-order chi connectivity index (χ0) is 12.5. The molecule has 0 bridgehead atoms. The van der Waals surface area contributed by atoms with Gasteiger partial charge in [-0.15, -0.1) is 0 Å². The van der Waals surface area contributed by atoms with Crippen molar-refractivity contribution in [2.45, 2.75) is 26.3 Å². The molecule has 1 aromatic heterocycles. The summed E-state index contributed by atoms with van der Waals surface area (Å²) < 4.78 is 2.06. The summed E-state index contributed by atoms with van der Waals surface area (Å²) in [6.07, 6.45) is 1.99. The van der Waals surface area contributed by atoms with E-state index in [1.807, 2.05) is 18.2 Å². The molecule has 0 unspecified atom stereocenters. The molecule has 0 amide bonds. The van der Waals surface area contributed by atoms with Gasteiger partial charge in [-0.25, -0.2) is 4.68 Å². The van der Waals surface area contributed by atoms with Gasteiger partial charge in [0.1, 0.15) is 0 Å². The van der Waals surface area contributed by atoms with Gasteiger partial charge >= 0.3 is 0 Å². The van der Waals surface area contributed by atoms with Crippen LogP contribution in [0.5, 0.6) is 0 Å². The molecule has 3 nitrogen and oxygen atoms in total. The van der Waals surface area contributed by atoms with E-state index < -0.39 is 0 Å². The minimum absolute atomic E-state index is 0.753. The Kier molecular flexibility index (Phi) is 3.10. The summed E-state index contributed by atoms with van der Waals surface area (Å²) in [7, 11) is 0. The van der Waals surface area contributed by atoms with E-state index in [0.29, 0.717) is 0 Å². The predicted octanol–water partition coefficient (Wildman–Crippen LogP) is 2.73. The number of aryl methyl sites for hydroxylation is 1. The maximum atomic E-state index is 6.07. The fourth-order valence-corrected chi connectivity index (χ4v) is 2.71. The third-order valence-corrected chi connectivity index (χ3v) is 3.64. The van der Waals surface area contributed by atoms with Crippen LogP contribution in [-0.2, 0) is 19.4 Å². The second kappa shape index (κ2) is 4.75. The number of halogens is 1. The molecular weight excluding hydrogens is 246 g/mol. The number of rotatable bonds is 2. The molecule has 1 aliphatic heterocycles. The Morgan fingerprint density at radius 3 is 3.11 bits per heavy atom. The van der Waals surface area contributed by atoms with Crippen LogP contribution in [0, 0.1) is 0 Å². The summed E-state index contributed by atoms with van der Waals surface area (Å²) in [4.78, 5) is 0. The summed E-state index contributed by atoms with van der Waals surface area (Å²) in [6, 6.07) is 7.89. The molecule has 1 aromatic carbocycles. The minimum atomic E-state index is 0.753. The molecule has 4 heteroatoms. The molecule has 0 spiro atoms. The molecule has 94 valence electrons. The zero-order valence-electron chi connectivity index (χ0n) is 10.4. The number of nitrogens with zero attached hydrogens (tertiary/aromatic N) is 2. The lowest BCUT2D eigenvalue weighted by molar-refractivity contribution is 0.622. The maximum absolute atomic E-state index is 6.07. The van der Waals surface area contributed by atoms with Crippen LogP contribution in [0.2, 0.25) is 5.02 Å². The smallest absolute Gasteiger partial charge is 0.0674 e. The maximum Gasteiger partial charge on any atom is 0.0674 e. The summed E-state index contributed by atoms with van der Waals surface area (Å²) in [5, 5.41) is 8.91. The van der Waals surface area contributed by atoms with Crippen LogP contribution < -0.4 is 5.32 Å². The quantitative estimate of drug-likeness (QED) is 0.901. The number of aromatic nitrogens is 2. The normalized spacial score (nSPS) is 14.6. The van der Waals surface area contributed by atoms with Gasteiger partial charge in [-0.05, 0) is 24.6 Å². The first-order chi connectivity index (χ1) is 8.79. The van der Waals surface area contributed by atoms with E-state index in [0.717, 1.165) is 36.6 Å². The van der Waals surface area contributed by atoms with Gasteiger partial charge in [0.2, 0.25) is 0 Å². The molecule has 0 saturated heterocycles. The highest BCUT2D eigenvalue weighted by molar-refractivity contribution is 6.30. The van der Waals surface area contributed by atoms with E-state index in [2.05, 4.69) is 23.0 Å². The first-order valence-electron chi connectivity index (χ1n) is 6.36. The Hall–Kier alpha value is -1.32. The number of benzene rings is 1. The van der Waals surface area contributed by atoms with E-state index in [1.54, 1.807) is 0 Å². The van der Waals surface area contributed by atoms with Crippen LogP contribution in [0.25, 0.3) is 5.69 Å². The molecule has 0 radical (unpaired) electrons. The Labute approximate surface area is 112 Å². The van der Waals surface area contributed by atoms with Gasteiger partial charge in [-0.2, -0.15) is 5.10 Å². The summed E-state index contributed by atoms with van der Waals surface area (Å²) in [5.74, 6) is 0. The van der Waals surface area contributed by atoms with Crippen molar-refractivity contribution in [1.29, 1.82) is 0 Å². The van der Waals surface area contributed by atoms with Crippen LogP contribution >= 0.6 is 11.6 Å². The van der Waals surface area contributed by atoms with Gasteiger partial charge in [0.25, 0.3) is 0 Å². The molecule has 0 atom stereocenters. The Balaban J connectivity index is 2.14. The van der Waals surface area contributed by atoms with Crippen molar-refractivity contribution < 1.29 is 0 Å². The van der Waals surface area contributed by atoms with Crippen LogP contribution in [0.1, 0.15) is 23.9 Å². The molecule has 0 saturated carbocycles. The van der Waals surface area contributed by atoms with Crippen LogP contribution in [0.15, 0.2) is 24.3 Å². The molecule has 3 rings (SSSR count). The monoisotopic (exact) mass is 261 g/mol. The van der Waals surface area contributed by atoms with Gasteiger partial charge in [0, 0.05) is 30.1 Å². The minimum Gasteiger partial charge on any atom is -0.312 e. The molecular formula is C14H16ClN3. The van der Waals surface area contributed by atoms with Crippen molar-refractivity contribution in [3.05, 3.63) is 46.2 Å². The van der Waals surface area contributed by atoms with Gasteiger partial charge in [0.15, 0.2) is 0 Å². The first-order valence-corrected chi connectivity index (χ1v) is 6.73. The largest absolute Gasteiger partial charge is 0.312 e. The average Bonchev–Trinajstić information content (AvgIpc) is 2.77. The summed E-state index contributed by atoms with van der Waals surface area (Å²) >= 11 is 6.07. The fraction of sp³-hybridized carbons (Fsp3) is 0.357. The lowest BCUT2D eigenvalue weighted by Gasteiger charge is -2.15. The molecule has 1 aliphatic rings. The molecule has 2 aromatic rings. The highest BCUT2D eigenvalue weighted by Crippen LogP contribution is 2.23. The van der Waals surface area contributed by atoms with Crippen molar-refractivity contribution in [3.8, 4) is 5.69 Å². The fourth-order valence-electron chi connectivity index (χ4n) is 2.52. The predicted molar refractivity (Wildman–Crippen MR) is 73.4 cm³/mol. The highest BCUT2D eigenvalue weighted by Gasteiger charge is 2.20. The summed E-state index contributed by atoms with van der Waals surface area (Å²) in [5.41, 5.74) is 4.94. The van der Waals surface area contributed by atoms with Crippen molar-refractivity contribution in [2.24, 2.45) is 0 Å². The van der Waals surface area contributed by atoms with Gasteiger partial charge in [0.05, 0.1) is 17.1 Å². The molecule has 1 N–H and O–H groups in total. The lowest BCUT2D eigenvalue weighted by atomic mass is 10.1. The Bertz CT molecular complexity index is 574. The van der Waals surface area contributed by atoms with E-state index >= 15 is 0 Å². The van der Waals surface area contributed by atoms with Gasteiger partial charge < -0.3 is 5.32 Å². The van der Waals surface area contributed by atoms with E-state index in [1.165, 1.54) is 17.0 Å². The van der Waals surface area contributed by atoms with Gasteiger partial charge in [-0.3, -0.25) is 0 Å². The average molecular weight is 262 g/mol. The number of hydrogen-bond acceptors (Lipinski definition) is 2. The number of hydrogen-bond donors (Lipinski definition) is 1. The van der Waals surface area contributed by atoms with Crippen LogP contribution in [0.4, 0.5) is 0 Å². The van der Waals surface area contributed by atoms with Crippen molar-refractivity contribution in [3.63, 3.8) is 0 Å². The van der Waals surface area contributed by atoms with Crippen molar-refractivity contribution in [2.75, 3.05) is 6.54 Å². The SMILES string of the molecule is CCc1nn(-c2cccc(Cl)c2)c2c1CNCC2. The van der Waals surface area contributed by atoms with Crippen LogP contribution in [0.3, 0.4) is 0 Å². The molecule has 18 heavy (non-hydrogen) atoms. The van der Waals surface area contributed by atoms with E-state index in [4.69, 9.17) is 16.7 Å². The topological polar surface area (TPSA) is 29.9 Å². The second-order valence-corrected chi connectivity index (χ2v) is 4.98. The molecule has 2 heterocycles. The molecule has 0 fully saturated rings. The van der Waals surface area contributed by atoms with E-state index in [9.17, 15) is 0 Å².